The fourth-order valence-electron chi connectivity index (χ4n) is 0. The molecule has 1 unspecified atom stereocenters. The van der Waals surface area contributed by atoms with Gasteiger partial charge in [-0.05, 0) is 19.3 Å². The predicted molar refractivity (Wildman–Crippen MR) is 37.4 cm³/mol. The summed E-state index contributed by atoms with van der Waals surface area (Å²) in [6.45, 7) is 12.0. The Hall–Kier alpha value is -0.0400. The molecule has 2 N–H and O–H groups in total. The molecular formula is C7H16N. The largest absolute Gasteiger partial charge is 0.325 e. The van der Waals surface area contributed by atoms with Crippen molar-refractivity contribution in [3.63, 3.8) is 0 Å². The van der Waals surface area contributed by atoms with Gasteiger partial charge < -0.3 is 5.73 Å². The first-order valence-corrected chi connectivity index (χ1v) is 2.89. The average molecular weight is 114 g/mol. The average Bonchev–Trinajstić information content (AvgIpc) is 1.25. The molecule has 8 heavy (non-hydrogen) atoms. The van der Waals surface area contributed by atoms with Crippen molar-refractivity contribution < 1.29 is 0 Å². The minimum atomic E-state index is -0.312. The highest BCUT2D eigenvalue weighted by Crippen LogP contribution is 2.25. The van der Waals surface area contributed by atoms with E-state index in [4.69, 9.17) is 5.73 Å². The van der Waals surface area contributed by atoms with Gasteiger partial charge in [0.25, 0.3) is 0 Å². The Kier molecular flexibility index (Phi) is 1.72. The molecule has 0 aliphatic heterocycles. The summed E-state index contributed by atoms with van der Waals surface area (Å²) in [5, 5.41) is 0. The summed E-state index contributed by atoms with van der Waals surface area (Å²) in [7, 11) is 0. The highest BCUT2D eigenvalue weighted by molar-refractivity contribution is 4.92. The van der Waals surface area contributed by atoms with Crippen molar-refractivity contribution in [3.8, 4) is 0 Å². The van der Waals surface area contributed by atoms with Crippen LogP contribution < -0.4 is 5.73 Å². The minimum Gasteiger partial charge on any atom is -0.325 e. The van der Waals surface area contributed by atoms with E-state index in [9.17, 15) is 0 Å². The van der Waals surface area contributed by atoms with Gasteiger partial charge in [0.1, 0.15) is 0 Å². The lowest BCUT2D eigenvalue weighted by atomic mass is 9.77. The maximum atomic E-state index is 5.70. The highest BCUT2D eigenvalue weighted by Gasteiger charge is 2.27. The first kappa shape index (κ1) is 7.96. The number of hydrogen-bond acceptors (Lipinski definition) is 1. The molecule has 1 atom stereocenters. The van der Waals surface area contributed by atoms with E-state index in [0.717, 1.165) is 0 Å². The molecule has 0 rings (SSSR count). The van der Waals surface area contributed by atoms with Crippen molar-refractivity contribution in [2.24, 2.45) is 11.1 Å². The van der Waals surface area contributed by atoms with Gasteiger partial charge in [-0.15, -0.1) is 0 Å². The number of nitrogens with two attached hydrogens (primary N) is 1. The maximum absolute atomic E-state index is 5.70. The van der Waals surface area contributed by atoms with Gasteiger partial charge >= 0.3 is 0 Å². The lowest BCUT2D eigenvalue weighted by Gasteiger charge is -2.34. The molecule has 1 nitrogen and oxygen atoms in total. The third-order valence-electron chi connectivity index (χ3n) is 1.71. The number of hydrogen-bond donors (Lipinski definition) is 1. The summed E-state index contributed by atoms with van der Waals surface area (Å²) in [6, 6.07) is 0. The molecule has 0 aliphatic carbocycles. The zero-order valence-electron chi connectivity index (χ0n) is 6.28. The van der Waals surface area contributed by atoms with Crippen LogP contribution in [-0.4, -0.2) is 5.54 Å². The standard InChI is InChI=1S/C7H16N/c1-6(2,3)7(4,5)8/h4,8H2,1-3,5H3. The molecule has 0 heterocycles. The molecule has 0 aromatic rings. The first-order valence-electron chi connectivity index (χ1n) is 2.89. The van der Waals surface area contributed by atoms with Crippen LogP contribution in [0.4, 0.5) is 0 Å². The Labute approximate surface area is 52.3 Å². The van der Waals surface area contributed by atoms with Gasteiger partial charge in [0, 0.05) is 5.54 Å². The highest BCUT2D eigenvalue weighted by atomic mass is 14.7. The summed E-state index contributed by atoms with van der Waals surface area (Å²) in [6.07, 6.45) is 0. The molecule has 0 spiro atoms. The van der Waals surface area contributed by atoms with Gasteiger partial charge in [-0.2, -0.15) is 0 Å². The van der Waals surface area contributed by atoms with Gasteiger partial charge in [-0.1, -0.05) is 20.8 Å². The van der Waals surface area contributed by atoms with Crippen LogP contribution in [0.3, 0.4) is 0 Å². The quantitative estimate of drug-likeness (QED) is 0.508. The topological polar surface area (TPSA) is 26.0 Å². The summed E-state index contributed by atoms with van der Waals surface area (Å²) in [5.41, 5.74) is 5.49. The van der Waals surface area contributed by atoms with Crippen LogP contribution in [0.25, 0.3) is 0 Å². The maximum Gasteiger partial charge on any atom is 0.0175 e. The molecule has 0 aromatic carbocycles. The zero-order valence-corrected chi connectivity index (χ0v) is 6.28. The van der Waals surface area contributed by atoms with Crippen LogP contribution in [0.15, 0.2) is 0 Å². The zero-order chi connectivity index (χ0) is 7.00. The van der Waals surface area contributed by atoms with Crippen LogP contribution in [0.1, 0.15) is 27.7 Å². The van der Waals surface area contributed by atoms with Crippen LogP contribution in [-0.2, 0) is 0 Å². The molecule has 0 fully saturated rings. The Morgan fingerprint density at radius 2 is 1.25 bits per heavy atom. The summed E-state index contributed by atoms with van der Waals surface area (Å²) >= 11 is 0. The molecule has 0 aliphatic rings. The monoisotopic (exact) mass is 114 g/mol. The summed E-state index contributed by atoms with van der Waals surface area (Å²) in [5.74, 6) is 0. The second-order valence-electron chi connectivity index (χ2n) is 3.67. The Balaban J connectivity index is 4.02. The van der Waals surface area contributed by atoms with Crippen LogP contribution >= 0.6 is 0 Å². The lowest BCUT2D eigenvalue weighted by Crippen LogP contribution is -2.45. The van der Waals surface area contributed by atoms with E-state index in [0.29, 0.717) is 0 Å². The Morgan fingerprint density at radius 3 is 1.25 bits per heavy atom. The van der Waals surface area contributed by atoms with E-state index in [1.54, 1.807) is 0 Å². The molecule has 0 aromatic heterocycles. The molecule has 0 saturated heterocycles. The molecule has 49 valence electrons. The van der Waals surface area contributed by atoms with Gasteiger partial charge in [0.2, 0.25) is 0 Å². The normalized spacial score (nSPS) is 14.2. The lowest BCUT2D eigenvalue weighted by molar-refractivity contribution is 0.260. The molecule has 0 bridgehead atoms. The third kappa shape index (κ3) is 1.83. The van der Waals surface area contributed by atoms with E-state index >= 15 is 0 Å². The van der Waals surface area contributed by atoms with Crippen molar-refractivity contribution in [1.82, 2.24) is 0 Å². The van der Waals surface area contributed by atoms with Gasteiger partial charge in [-0.3, -0.25) is 0 Å². The van der Waals surface area contributed by atoms with Crippen LogP contribution in [0.5, 0.6) is 0 Å². The van der Waals surface area contributed by atoms with Crippen molar-refractivity contribution in [3.05, 3.63) is 6.92 Å². The predicted octanol–water partition coefficient (Wildman–Crippen LogP) is 1.58. The van der Waals surface area contributed by atoms with E-state index in [1.165, 1.54) is 0 Å². The SMILES string of the molecule is [CH2]C(C)(N)C(C)(C)C. The number of rotatable bonds is 0. The fraction of sp³-hybridized carbons (Fsp3) is 0.857. The van der Waals surface area contributed by atoms with Crippen LogP contribution in [0.2, 0.25) is 0 Å². The van der Waals surface area contributed by atoms with E-state index < -0.39 is 0 Å². The van der Waals surface area contributed by atoms with Gasteiger partial charge in [0.15, 0.2) is 0 Å². The van der Waals surface area contributed by atoms with Gasteiger partial charge in [-0.25, -0.2) is 0 Å². The fourth-order valence-corrected chi connectivity index (χ4v) is 0. The first-order chi connectivity index (χ1) is 3.25. The minimum absolute atomic E-state index is 0.104. The summed E-state index contributed by atoms with van der Waals surface area (Å²) in [4.78, 5) is 0. The Bertz CT molecular complexity index is 59.4. The molecule has 0 amide bonds. The Morgan fingerprint density at radius 1 is 1.12 bits per heavy atom. The van der Waals surface area contributed by atoms with Crippen molar-refractivity contribution in [1.29, 1.82) is 0 Å². The third-order valence-corrected chi connectivity index (χ3v) is 1.71. The molecule has 0 saturated carbocycles. The molecular weight excluding hydrogens is 98.1 g/mol. The van der Waals surface area contributed by atoms with Crippen LogP contribution in [0, 0.1) is 12.3 Å². The van der Waals surface area contributed by atoms with E-state index in [2.05, 4.69) is 27.7 Å². The second-order valence-corrected chi connectivity index (χ2v) is 3.67. The smallest absolute Gasteiger partial charge is 0.0175 e. The van der Waals surface area contributed by atoms with E-state index in [-0.39, 0.29) is 11.0 Å². The molecule has 1 heteroatoms. The van der Waals surface area contributed by atoms with Crippen molar-refractivity contribution >= 4 is 0 Å². The van der Waals surface area contributed by atoms with Gasteiger partial charge in [0.05, 0.1) is 0 Å². The van der Waals surface area contributed by atoms with E-state index in [1.807, 2.05) is 6.92 Å². The van der Waals surface area contributed by atoms with Crippen molar-refractivity contribution in [2.75, 3.05) is 0 Å². The second kappa shape index (κ2) is 1.73. The van der Waals surface area contributed by atoms with Crippen molar-refractivity contribution in [2.45, 2.75) is 33.2 Å². The molecule has 1 radical (unpaired) electrons. The summed E-state index contributed by atoms with van der Waals surface area (Å²) < 4.78 is 0.